The maximum absolute atomic E-state index is 12.2. The average Bonchev–Trinajstić information content (AvgIpc) is 3.56. The number of benzene rings is 2. The number of hydrogen-bond acceptors (Lipinski definition) is 4. The highest BCUT2D eigenvalue weighted by atomic mass is 28.3. The van der Waals surface area contributed by atoms with Gasteiger partial charge in [-0.25, -0.2) is 9.59 Å². The number of carbonyl (C=O) groups is 2. The number of carbonyl (C=O) groups excluding carboxylic acids is 2. The van der Waals surface area contributed by atoms with Gasteiger partial charge in [0.2, 0.25) is 0 Å². The fourth-order valence-electron chi connectivity index (χ4n) is 8.24. The van der Waals surface area contributed by atoms with E-state index in [1.165, 1.54) is 27.4 Å². The first-order valence-corrected chi connectivity index (χ1v) is 20.6. The van der Waals surface area contributed by atoms with E-state index < -0.39 is 19.4 Å². The Kier molecular flexibility index (Phi) is 10.6. The van der Waals surface area contributed by atoms with Crippen molar-refractivity contribution in [1.29, 1.82) is 0 Å². The summed E-state index contributed by atoms with van der Waals surface area (Å²) in [6, 6.07) is 17.7. The van der Waals surface area contributed by atoms with Crippen LogP contribution in [0.3, 0.4) is 0 Å². The molecular weight excluding hydrogens is 641 g/mol. The monoisotopic (exact) mass is 700 g/mol. The van der Waals surface area contributed by atoms with E-state index in [-0.39, 0.29) is 12.2 Å². The van der Waals surface area contributed by atoms with E-state index >= 15 is 0 Å². The molecule has 2 fully saturated rings. The molecule has 50 heavy (non-hydrogen) atoms. The smallest absolute Gasteiger partial charge is 0.410 e. The number of aromatic nitrogens is 2. The number of aromatic amines is 1. The molecule has 2 saturated heterocycles. The number of rotatable bonds is 6. The molecule has 1 N–H and O–H groups in total. The van der Waals surface area contributed by atoms with E-state index in [2.05, 4.69) is 105 Å². The molecule has 0 bridgehead atoms. The molecule has 2 aliphatic rings. The molecule has 2 amide bonds. The van der Waals surface area contributed by atoms with Gasteiger partial charge in [0.1, 0.15) is 11.2 Å². The molecular formula is C41H60N4O4Si. The van der Waals surface area contributed by atoms with Crippen molar-refractivity contribution in [2.45, 2.75) is 123 Å². The molecule has 9 heteroatoms. The van der Waals surface area contributed by atoms with Crippen LogP contribution in [0.15, 0.2) is 60.9 Å². The van der Waals surface area contributed by atoms with Crippen LogP contribution in [0.4, 0.5) is 9.59 Å². The first-order chi connectivity index (χ1) is 23.3. The van der Waals surface area contributed by atoms with Crippen LogP contribution in [0.1, 0.15) is 106 Å². The second-order valence-electron chi connectivity index (χ2n) is 17.3. The summed E-state index contributed by atoms with van der Waals surface area (Å²) in [5.41, 5.74) is 6.27. The molecule has 4 aromatic rings. The second-order valence-corrected chi connectivity index (χ2v) is 23.1. The van der Waals surface area contributed by atoms with Crippen molar-refractivity contribution in [2.24, 2.45) is 0 Å². The normalized spacial score (nSPS) is 16.1. The third kappa shape index (κ3) is 7.77. The number of likely N-dealkylation sites (tertiary alicyclic amines) is 2. The molecule has 0 radical (unpaired) electrons. The number of fused-ring (bicyclic) bond motifs is 2. The van der Waals surface area contributed by atoms with E-state index in [9.17, 15) is 9.59 Å². The minimum absolute atomic E-state index is 0.201. The fourth-order valence-corrected chi connectivity index (χ4v) is 14.9. The zero-order valence-corrected chi connectivity index (χ0v) is 33.5. The number of ether oxygens (including phenoxy) is 2. The number of H-pyrrole nitrogens is 1. The Morgan fingerprint density at radius 1 is 0.680 bits per heavy atom. The molecule has 0 aliphatic carbocycles. The lowest BCUT2D eigenvalue weighted by molar-refractivity contribution is 0.00728. The number of hydrogen-bond donors (Lipinski definition) is 1. The molecule has 2 aliphatic heterocycles. The van der Waals surface area contributed by atoms with Crippen molar-refractivity contribution in [1.82, 2.24) is 19.0 Å². The van der Waals surface area contributed by atoms with Gasteiger partial charge in [0, 0.05) is 55.2 Å². The molecule has 6 rings (SSSR count). The third-order valence-corrected chi connectivity index (χ3v) is 17.3. The quantitative estimate of drug-likeness (QED) is 0.203. The predicted molar refractivity (Wildman–Crippen MR) is 208 cm³/mol. The summed E-state index contributed by atoms with van der Waals surface area (Å²) in [4.78, 5) is 30.9. The van der Waals surface area contributed by atoms with E-state index in [1.807, 2.05) is 47.7 Å². The van der Waals surface area contributed by atoms with Crippen LogP contribution in [-0.2, 0) is 9.47 Å². The first kappa shape index (κ1) is 37.5. The molecule has 0 saturated carbocycles. The minimum atomic E-state index is -1.76. The van der Waals surface area contributed by atoms with E-state index in [4.69, 9.17) is 9.47 Å². The van der Waals surface area contributed by atoms with Crippen molar-refractivity contribution >= 4 is 42.2 Å². The van der Waals surface area contributed by atoms with E-state index in [1.54, 1.807) is 9.80 Å². The standard InChI is InChI=1S/C25H40N2O2Si.C16H20N2O2/c1-17(2)30(18(3)4,19(5)6)27-13-12-21-14-20(10-11-23(21)27)22-15-26(16-22)24(28)29-25(7,8)9;1-16(2,3)20-15(19)18-9-13(10-18)11-4-5-14-12(8-11)6-7-17-14/h10-14,17-19,22H,15-16H2,1-9H3;4-8,13,17H,9-10H2,1-3H3. The van der Waals surface area contributed by atoms with Crippen molar-refractivity contribution in [3.8, 4) is 0 Å². The summed E-state index contributed by atoms with van der Waals surface area (Å²) in [5.74, 6) is 0.814. The summed E-state index contributed by atoms with van der Waals surface area (Å²) in [6.07, 6.45) is 3.88. The Morgan fingerprint density at radius 3 is 1.60 bits per heavy atom. The molecule has 2 aromatic heterocycles. The van der Waals surface area contributed by atoms with Crippen LogP contribution >= 0.6 is 0 Å². The van der Waals surface area contributed by atoms with Crippen LogP contribution in [0.2, 0.25) is 16.6 Å². The van der Waals surface area contributed by atoms with Crippen LogP contribution in [0, 0.1) is 0 Å². The fraction of sp³-hybridized carbons (Fsp3) is 0.561. The van der Waals surface area contributed by atoms with Crippen LogP contribution < -0.4 is 0 Å². The van der Waals surface area contributed by atoms with Gasteiger partial charge >= 0.3 is 12.2 Å². The number of nitrogens with zero attached hydrogens (tertiary/aromatic N) is 3. The van der Waals surface area contributed by atoms with E-state index in [0.29, 0.717) is 28.5 Å². The molecule has 0 spiro atoms. The van der Waals surface area contributed by atoms with Gasteiger partial charge in [-0.05, 0) is 123 Å². The van der Waals surface area contributed by atoms with Crippen molar-refractivity contribution in [3.05, 3.63) is 72.1 Å². The Hall–Kier alpha value is -3.72. The van der Waals surface area contributed by atoms with Crippen molar-refractivity contribution in [3.63, 3.8) is 0 Å². The van der Waals surface area contributed by atoms with Crippen LogP contribution in [-0.4, -0.2) is 76.8 Å². The third-order valence-electron chi connectivity index (χ3n) is 10.5. The Morgan fingerprint density at radius 2 is 1.14 bits per heavy atom. The lowest BCUT2D eigenvalue weighted by Gasteiger charge is -2.44. The van der Waals surface area contributed by atoms with Gasteiger partial charge in [-0.3, -0.25) is 0 Å². The highest BCUT2D eigenvalue weighted by Gasteiger charge is 2.45. The zero-order valence-electron chi connectivity index (χ0n) is 32.5. The molecule has 0 unspecified atom stereocenters. The molecule has 8 nitrogen and oxygen atoms in total. The van der Waals surface area contributed by atoms with Gasteiger partial charge in [-0.1, -0.05) is 53.7 Å². The molecule has 4 heterocycles. The van der Waals surface area contributed by atoms with Crippen LogP contribution in [0.25, 0.3) is 21.8 Å². The van der Waals surface area contributed by atoms with Gasteiger partial charge in [-0.2, -0.15) is 0 Å². The topological polar surface area (TPSA) is 79.8 Å². The molecule has 272 valence electrons. The SMILES string of the molecule is CC(C)(C)OC(=O)N1CC(c2ccc3[nH]ccc3c2)C1.CC(C)[Si](C(C)C)(C(C)C)n1ccc2cc(C3CN(C(=O)OC(C)(C)C)C3)ccc21. The summed E-state index contributed by atoms with van der Waals surface area (Å²) in [5, 5.41) is 2.54. The largest absolute Gasteiger partial charge is 0.444 e. The lowest BCUT2D eigenvalue weighted by atomic mass is 9.91. The summed E-state index contributed by atoms with van der Waals surface area (Å²) < 4.78 is 13.5. The van der Waals surface area contributed by atoms with Crippen molar-refractivity contribution in [2.75, 3.05) is 26.2 Å². The molecule has 2 aromatic carbocycles. The summed E-state index contributed by atoms with van der Waals surface area (Å²) in [6.45, 7) is 28.8. The maximum Gasteiger partial charge on any atom is 0.410 e. The summed E-state index contributed by atoms with van der Waals surface area (Å²) >= 11 is 0. The van der Waals surface area contributed by atoms with Crippen molar-refractivity contribution < 1.29 is 19.1 Å². The highest BCUT2D eigenvalue weighted by molar-refractivity contribution is 6.82. The summed E-state index contributed by atoms with van der Waals surface area (Å²) in [7, 11) is -1.76. The van der Waals surface area contributed by atoms with Gasteiger partial charge < -0.3 is 28.5 Å². The van der Waals surface area contributed by atoms with E-state index in [0.717, 1.165) is 31.7 Å². The average molecular weight is 701 g/mol. The van der Waals surface area contributed by atoms with Gasteiger partial charge in [-0.15, -0.1) is 0 Å². The zero-order chi connectivity index (χ0) is 36.8. The number of amides is 2. The Bertz CT molecular complexity index is 1770. The molecule has 0 atom stereocenters. The number of nitrogens with one attached hydrogen (secondary N) is 1. The lowest BCUT2D eigenvalue weighted by Crippen LogP contribution is -2.51. The maximum atomic E-state index is 12.2. The van der Waals surface area contributed by atoms with Gasteiger partial charge in [0.25, 0.3) is 0 Å². The first-order valence-electron chi connectivity index (χ1n) is 18.4. The predicted octanol–water partition coefficient (Wildman–Crippen LogP) is 10.5. The van der Waals surface area contributed by atoms with Gasteiger partial charge in [0.15, 0.2) is 8.24 Å². The minimum Gasteiger partial charge on any atom is -0.444 e. The van der Waals surface area contributed by atoms with Crippen LogP contribution in [0.5, 0.6) is 0 Å². The second kappa shape index (κ2) is 14.1. The highest BCUT2D eigenvalue weighted by Crippen LogP contribution is 2.44. The van der Waals surface area contributed by atoms with Gasteiger partial charge in [0.05, 0.1) is 0 Å². The Balaban J connectivity index is 0.000000210. The Labute approximate surface area is 300 Å².